The van der Waals surface area contributed by atoms with Crippen molar-refractivity contribution in [3.05, 3.63) is 42.7 Å². The van der Waals surface area contributed by atoms with Crippen molar-refractivity contribution < 1.29 is 0 Å². The highest BCUT2D eigenvalue weighted by atomic mass is 32.1. The normalized spacial score (nSPS) is 9.94. The van der Waals surface area contributed by atoms with E-state index in [-0.39, 0.29) is 0 Å². The maximum absolute atomic E-state index is 4.16. The van der Waals surface area contributed by atoms with Gasteiger partial charge in [-0.25, -0.2) is 9.97 Å². The Balaban J connectivity index is 2.06. The van der Waals surface area contributed by atoms with E-state index < -0.39 is 0 Å². The van der Waals surface area contributed by atoms with Gasteiger partial charge in [-0.3, -0.25) is 0 Å². The quantitative estimate of drug-likeness (QED) is 0.710. The molecule has 17 heavy (non-hydrogen) atoms. The average Bonchev–Trinajstić information content (AvgIpc) is 2.38. The second-order valence-electron chi connectivity index (χ2n) is 3.43. The van der Waals surface area contributed by atoms with E-state index in [1.54, 1.807) is 0 Å². The highest BCUT2D eigenvalue weighted by Crippen LogP contribution is 2.15. The molecule has 0 aliphatic carbocycles. The van der Waals surface area contributed by atoms with Crippen LogP contribution in [0.15, 0.2) is 42.7 Å². The summed E-state index contributed by atoms with van der Waals surface area (Å²) < 4.78 is 0. The first-order chi connectivity index (χ1) is 8.38. The van der Waals surface area contributed by atoms with Gasteiger partial charge < -0.3 is 10.6 Å². The number of aromatic nitrogens is 2. The Bertz CT molecular complexity index is 461. The van der Waals surface area contributed by atoms with Crippen molar-refractivity contribution in [2.75, 3.05) is 22.9 Å². The van der Waals surface area contributed by atoms with Gasteiger partial charge in [-0.15, -0.1) is 0 Å². The summed E-state index contributed by atoms with van der Waals surface area (Å²) in [6, 6.07) is 11.8. The molecule has 0 bridgehead atoms. The molecule has 0 unspecified atom stereocenters. The van der Waals surface area contributed by atoms with Gasteiger partial charge in [-0.1, -0.05) is 18.2 Å². The number of rotatable bonds is 5. The molecule has 2 N–H and O–H groups in total. The van der Waals surface area contributed by atoms with E-state index in [1.165, 1.54) is 6.33 Å². The van der Waals surface area contributed by atoms with Crippen LogP contribution in [0.2, 0.25) is 0 Å². The minimum atomic E-state index is 0.769. The predicted octanol–water partition coefficient (Wildman–Crippen LogP) is 2.56. The fourth-order valence-corrected chi connectivity index (χ4v) is 1.49. The van der Waals surface area contributed by atoms with Crippen LogP contribution in [-0.4, -0.2) is 22.3 Å². The Kier molecular flexibility index (Phi) is 4.21. The van der Waals surface area contributed by atoms with Gasteiger partial charge in [0.15, 0.2) is 0 Å². The third-order valence-electron chi connectivity index (χ3n) is 2.13. The van der Waals surface area contributed by atoms with Gasteiger partial charge in [0.1, 0.15) is 18.0 Å². The first kappa shape index (κ1) is 11.7. The van der Waals surface area contributed by atoms with Crippen molar-refractivity contribution in [3.8, 4) is 0 Å². The first-order valence-electron chi connectivity index (χ1n) is 5.37. The van der Waals surface area contributed by atoms with Crippen LogP contribution < -0.4 is 10.6 Å². The number of nitrogens with one attached hydrogen (secondary N) is 2. The lowest BCUT2D eigenvalue weighted by Gasteiger charge is -2.07. The van der Waals surface area contributed by atoms with Gasteiger partial charge in [0.05, 0.1) is 0 Å². The van der Waals surface area contributed by atoms with Crippen LogP contribution in [0.3, 0.4) is 0 Å². The smallest absolute Gasteiger partial charge is 0.135 e. The zero-order chi connectivity index (χ0) is 11.9. The third-order valence-corrected chi connectivity index (χ3v) is 2.35. The minimum absolute atomic E-state index is 0.769. The maximum Gasteiger partial charge on any atom is 0.135 e. The molecule has 0 amide bonds. The van der Waals surface area contributed by atoms with Gasteiger partial charge >= 0.3 is 0 Å². The topological polar surface area (TPSA) is 49.8 Å². The second-order valence-corrected chi connectivity index (χ2v) is 3.88. The summed E-state index contributed by atoms with van der Waals surface area (Å²) in [5.41, 5.74) is 1.01. The SMILES string of the molecule is SCCNc1cc(Nc2ccccc2)ncn1. The molecular formula is C12H14N4S. The Morgan fingerprint density at radius 1 is 1.06 bits per heavy atom. The highest BCUT2D eigenvalue weighted by Gasteiger charge is 1.98. The van der Waals surface area contributed by atoms with E-state index in [0.29, 0.717) is 0 Å². The molecule has 2 aromatic rings. The molecule has 0 atom stereocenters. The fourth-order valence-electron chi connectivity index (χ4n) is 1.38. The molecule has 5 heteroatoms. The highest BCUT2D eigenvalue weighted by molar-refractivity contribution is 7.80. The van der Waals surface area contributed by atoms with Crippen LogP contribution in [0.25, 0.3) is 0 Å². The summed E-state index contributed by atoms with van der Waals surface area (Å²) >= 11 is 4.14. The number of hydrogen-bond donors (Lipinski definition) is 3. The van der Waals surface area contributed by atoms with Crippen molar-refractivity contribution in [1.29, 1.82) is 0 Å². The van der Waals surface area contributed by atoms with Crippen molar-refractivity contribution in [3.63, 3.8) is 0 Å². The molecule has 0 radical (unpaired) electrons. The molecular weight excluding hydrogens is 232 g/mol. The summed E-state index contributed by atoms with van der Waals surface area (Å²) in [7, 11) is 0. The van der Waals surface area contributed by atoms with E-state index in [2.05, 4.69) is 33.2 Å². The second kappa shape index (κ2) is 6.10. The molecule has 4 nitrogen and oxygen atoms in total. The minimum Gasteiger partial charge on any atom is -0.369 e. The predicted molar refractivity (Wildman–Crippen MR) is 74.1 cm³/mol. The summed E-state index contributed by atoms with van der Waals surface area (Å²) in [6.07, 6.45) is 1.53. The maximum atomic E-state index is 4.16. The van der Waals surface area contributed by atoms with Crippen LogP contribution in [0, 0.1) is 0 Å². The van der Waals surface area contributed by atoms with Crippen molar-refractivity contribution >= 4 is 30.0 Å². The van der Waals surface area contributed by atoms with Crippen LogP contribution >= 0.6 is 12.6 Å². The van der Waals surface area contributed by atoms with E-state index in [9.17, 15) is 0 Å². The van der Waals surface area contributed by atoms with Crippen LogP contribution in [-0.2, 0) is 0 Å². The monoisotopic (exact) mass is 246 g/mol. The van der Waals surface area contributed by atoms with Gasteiger partial charge in [-0.05, 0) is 12.1 Å². The van der Waals surface area contributed by atoms with Crippen LogP contribution in [0.5, 0.6) is 0 Å². The lowest BCUT2D eigenvalue weighted by Crippen LogP contribution is -2.05. The number of para-hydroxylation sites is 1. The largest absolute Gasteiger partial charge is 0.369 e. The molecule has 1 aromatic heterocycles. The lowest BCUT2D eigenvalue weighted by atomic mass is 10.3. The Labute approximate surface area is 106 Å². The van der Waals surface area contributed by atoms with E-state index in [4.69, 9.17) is 0 Å². The van der Waals surface area contributed by atoms with Gasteiger partial charge in [-0.2, -0.15) is 12.6 Å². The number of thiol groups is 1. The average molecular weight is 246 g/mol. The van der Waals surface area contributed by atoms with E-state index in [1.807, 2.05) is 36.4 Å². The molecule has 2 rings (SSSR count). The fraction of sp³-hybridized carbons (Fsp3) is 0.167. The zero-order valence-electron chi connectivity index (χ0n) is 9.30. The summed E-state index contributed by atoms with van der Waals surface area (Å²) in [5, 5.41) is 6.36. The molecule has 88 valence electrons. The standard InChI is InChI=1S/C12H14N4S/c17-7-6-13-11-8-12(15-9-14-11)16-10-4-2-1-3-5-10/h1-5,8-9,17H,6-7H2,(H2,13,14,15,16). The molecule has 0 saturated carbocycles. The molecule has 0 spiro atoms. The molecule has 0 aliphatic heterocycles. The number of hydrogen-bond acceptors (Lipinski definition) is 5. The molecule has 0 fully saturated rings. The van der Waals surface area contributed by atoms with Crippen molar-refractivity contribution in [1.82, 2.24) is 9.97 Å². The molecule has 0 aliphatic rings. The van der Waals surface area contributed by atoms with Crippen molar-refractivity contribution in [2.24, 2.45) is 0 Å². The first-order valence-corrected chi connectivity index (χ1v) is 6.00. The van der Waals surface area contributed by atoms with E-state index >= 15 is 0 Å². The van der Waals surface area contributed by atoms with Gasteiger partial charge in [0.25, 0.3) is 0 Å². The summed E-state index contributed by atoms with van der Waals surface area (Å²) in [6.45, 7) is 0.783. The van der Waals surface area contributed by atoms with E-state index in [0.717, 1.165) is 29.6 Å². The summed E-state index contributed by atoms with van der Waals surface area (Å²) in [5.74, 6) is 2.34. The molecule has 0 saturated heterocycles. The number of anilines is 3. The Morgan fingerprint density at radius 2 is 1.82 bits per heavy atom. The van der Waals surface area contributed by atoms with Crippen LogP contribution in [0.4, 0.5) is 17.3 Å². The molecule has 1 aromatic carbocycles. The number of benzene rings is 1. The third kappa shape index (κ3) is 3.64. The van der Waals surface area contributed by atoms with Crippen LogP contribution in [0.1, 0.15) is 0 Å². The van der Waals surface area contributed by atoms with Crippen molar-refractivity contribution in [2.45, 2.75) is 0 Å². The summed E-state index contributed by atoms with van der Waals surface area (Å²) in [4.78, 5) is 8.28. The van der Waals surface area contributed by atoms with Gasteiger partial charge in [0, 0.05) is 24.1 Å². The Morgan fingerprint density at radius 3 is 2.59 bits per heavy atom. The van der Waals surface area contributed by atoms with Gasteiger partial charge in [0.2, 0.25) is 0 Å². The Hall–Kier alpha value is -1.75. The zero-order valence-corrected chi connectivity index (χ0v) is 10.2. The lowest BCUT2D eigenvalue weighted by molar-refractivity contribution is 1.12. The molecule has 1 heterocycles. The number of nitrogens with zero attached hydrogens (tertiary/aromatic N) is 2.